The minimum atomic E-state index is -0.917. The van der Waals surface area contributed by atoms with E-state index in [9.17, 15) is 9.18 Å². The first-order valence-electron chi connectivity index (χ1n) is 5.42. The van der Waals surface area contributed by atoms with Crippen molar-refractivity contribution in [2.45, 2.75) is 19.1 Å². The van der Waals surface area contributed by atoms with Crippen molar-refractivity contribution in [2.75, 3.05) is 6.61 Å². The molecule has 0 aliphatic carbocycles. The molecule has 1 aromatic carbocycles. The first kappa shape index (κ1) is 12.8. The van der Waals surface area contributed by atoms with E-state index in [1.54, 1.807) is 6.92 Å². The predicted molar refractivity (Wildman–Crippen MR) is 64.1 cm³/mol. The second-order valence-corrected chi connectivity index (χ2v) is 4.05. The quantitative estimate of drug-likeness (QED) is 0.794. The monoisotopic (exact) mass is 271 g/mol. The summed E-state index contributed by atoms with van der Waals surface area (Å²) in [4.78, 5) is 15.5. The molecule has 6 heteroatoms. The standard InChI is InChI=1S/C12H11ClFNO3/c1-2-17-12(16)10-11(18-6-15-10)9-7(13)4-3-5-8(9)14/h3-6,10-11H,2H2,1H3. The van der Waals surface area contributed by atoms with Crippen LogP contribution in [0.4, 0.5) is 4.39 Å². The molecular formula is C12H11ClFNO3. The van der Waals surface area contributed by atoms with Crippen molar-refractivity contribution in [1.29, 1.82) is 0 Å². The Labute approximate surface area is 108 Å². The topological polar surface area (TPSA) is 47.9 Å². The number of halogens is 2. The summed E-state index contributed by atoms with van der Waals surface area (Å²) in [6.45, 7) is 1.91. The Bertz CT molecular complexity index is 472. The molecule has 0 spiro atoms. The Morgan fingerprint density at radius 1 is 1.61 bits per heavy atom. The smallest absolute Gasteiger partial charge is 0.335 e. The van der Waals surface area contributed by atoms with E-state index in [0.29, 0.717) is 0 Å². The lowest BCUT2D eigenvalue weighted by Crippen LogP contribution is -2.27. The summed E-state index contributed by atoms with van der Waals surface area (Å²) in [5.74, 6) is -1.09. The molecule has 0 bridgehead atoms. The highest BCUT2D eigenvalue weighted by atomic mass is 35.5. The van der Waals surface area contributed by atoms with Crippen molar-refractivity contribution in [3.8, 4) is 0 Å². The fraction of sp³-hybridized carbons (Fsp3) is 0.333. The molecule has 0 amide bonds. The maximum absolute atomic E-state index is 13.8. The lowest BCUT2D eigenvalue weighted by molar-refractivity contribution is -0.146. The number of aliphatic imine (C=N–C) groups is 1. The number of carbonyl (C=O) groups excluding carboxylic acids is 1. The molecule has 4 nitrogen and oxygen atoms in total. The summed E-state index contributed by atoms with van der Waals surface area (Å²) in [5, 5.41) is 0.194. The highest BCUT2D eigenvalue weighted by Crippen LogP contribution is 2.34. The summed E-state index contributed by atoms with van der Waals surface area (Å²) in [6, 6.07) is 3.35. The van der Waals surface area contributed by atoms with E-state index in [2.05, 4.69) is 4.99 Å². The van der Waals surface area contributed by atoms with E-state index >= 15 is 0 Å². The molecule has 1 heterocycles. The van der Waals surface area contributed by atoms with E-state index in [1.807, 2.05) is 0 Å². The first-order chi connectivity index (χ1) is 8.65. The van der Waals surface area contributed by atoms with Gasteiger partial charge in [0.15, 0.2) is 18.5 Å². The van der Waals surface area contributed by atoms with Crippen LogP contribution < -0.4 is 0 Å². The summed E-state index contributed by atoms with van der Waals surface area (Å²) in [6.07, 6.45) is 0.243. The van der Waals surface area contributed by atoms with Crippen LogP contribution in [-0.4, -0.2) is 25.0 Å². The van der Waals surface area contributed by atoms with Gasteiger partial charge in [-0.3, -0.25) is 0 Å². The van der Waals surface area contributed by atoms with Gasteiger partial charge in [0.05, 0.1) is 11.6 Å². The van der Waals surface area contributed by atoms with E-state index < -0.39 is 23.9 Å². The predicted octanol–water partition coefficient (Wildman–Crippen LogP) is 2.51. The molecule has 1 aromatic rings. The number of hydrogen-bond acceptors (Lipinski definition) is 4. The van der Waals surface area contributed by atoms with Crippen molar-refractivity contribution in [1.82, 2.24) is 0 Å². The molecule has 0 N–H and O–H groups in total. The zero-order valence-electron chi connectivity index (χ0n) is 9.60. The normalized spacial score (nSPS) is 21.7. The van der Waals surface area contributed by atoms with Crippen LogP contribution in [0.3, 0.4) is 0 Å². The molecule has 2 atom stereocenters. The van der Waals surface area contributed by atoms with Crippen LogP contribution in [0.15, 0.2) is 23.2 Å². The van der Waals surface area contributed by atoms with Crippen LogP contribution >= 0.6 is 11.6 Å². The third-order valence-corrected chi connectivity index (χ3v) is 2.86. The maximum atomic E-state index is 13.8. The number of hydrogen-bond donors (Lipinski definition) is 0. The Kier molecular flexibility index (Phi) is 3.81. The fourth-order valence-corrected chi connectivity index (χ4v) is 2.01. The van der Waals surface area contributed by atoms with Gasteiger partial charge in [-0.05, 0) is 19.1 Å². The van der Waals surface area contributed by atoms with Gasteiger partial charge in [-0.15, -0.1) is 0 Å². The molecule has 0 saturated heterocycles. The molecule has 0 fully saturated rings. The molecule has 0 aromatic heterocycles. The lowest BCUT2D eigenvalue weighted by Gasteiger charge is -2.17. The van der Waals surface area contributed by atoms with Gasteiger partial charge in [-0.2, -0.15) is 0 Å². The molecule has 18 heavy (non-hydrogen) atoms. The number of rotatable bonds is 3. The van der Waals surface area contributed by atoms with Crippen LogP contribution in [0.25, 0.3) is 0 Å². The van der Waals surface area contributed by atoms with Gasteiger partial charge in [-0.1, -0.05) is 17.7 Å². The third kappa shape index (κ3) is 2.31. The molecule has 0 radical (unpaired) electrons. The number of ether oxygens (including phenoxy) is 2. The Hall–Kier alpha value is -1.62. The number of benzene rings is 1. The van der Waals surface area contributed by atoms with E-state index in [-0.39, 0.29) is 17.2 Å². The summed E-state index contributed by atoms with van der Waals surface area (Å²) in [7, 11) is 0. The molecule has 0 saturated carbocycles. The SMILES string of the molecule is CCOC(=O)C1N=COC1c1c(F)cccc1Cl. The number of carbonyl (C=O) groups is 1. The number of nitrogens with zero attached hydrogens (tertiary/aromatic N) is 1. The van der Waals surface area contributed by atoms with Gasteiger partial charge in [0, 0.05) is 5.56 Å². The van der Waals surface area contributed by atoms with E-state index in [4.69, 9.17) is 21.1 Å². The first-order valence-corrected chi connectivity index (χ1v) is 5.80. The molecule has 96 valence electrons. The maximum Gasteiger partial charge on any atom is 0.335 e. The van der Waals surface area contributed by atoms with Crippen LogP contribution in [-0.2, 0) is 14.3 Å². The van der Waals surface area contributed by atoms with Crippen molar-refractivity contribution in [3.63, 3.8) is 0 Å². The zero-order chi connectivity index (χ0) is 13.1. The lowest BCUT2D eigenvalue weighted by atomic mass is 10.0. The van der Waals surface area contributed by atoms with Crippen LogP contribution in [0.5, 0.6) is 0 Å². The van der Waals surface area contributed by atoms with Gasteiger partial charge >= 0.3 is 5.97 Å². The second kappa shape index (κ2) is 5.35. The minimum absolute atomic E-state index is 0.120. The number of esters is 1. The summed E-state index contributed by atoms with van der Waals surface area (Å²) in [5.41, 5.74) is 0.120. The van der Waals surface area contributed by atoms with Crippen molar-refractivity contribution in [3.05, 3.63) is 34.6 Å². The third-order valence-electron chi connectivity index (χ3n) is 2.53. The molecular weight excluding hydrogens is 261 g/mol. The van der Waals surface area contributed by atoms with E-state index in [1.165, 1.54) is 18.2 Å². The van der Waals surface area contributed by atoms with Gasteiger partial charge in [0.25, 0.3) is 0 Å². The molecule has 2 unspecified atom stereocenters. The highest BCUT2D eigenvalue weighted by molar-refractivity contribution is 6.31. The molecule has 2 rings (SSSR count). The Morgan fingerprint density at radius 3 is 3.06 bits per heavy atom. The summed E-state index contributed by atoms with van der Waals surface area (Å²) >= 11 is 5.93. The van der Waals surface area contributed by atoms with Gasteiger partial charge < -0.3 is 9.47 Å². The van der Waals surface area contributed by atoms with E-state index in [0.717, 1.165) is 6.40 Å². The van der Waals surface area contributed by atoms with Crippen molar-refractivity contribution < 1.29 is 18.7 Å². The zero-order valence-corrected chi connectivity index (χ0v) is 10.4. The average molecular weight is 272 g/mol. The Morgan fingerprint density at radius 2 is 2.39 bits per heavy atom. The fourth-order valence-electron chi connectivity index (χ4n) is 1.74. The van der Waals surface area contributed by atoms with Crippen molar-refractivity contribution >= 4 is 24.0 Å². The second-order valence-electron chi connectivity index (χ2n) is 3.64. The molecule has 1 aliphatic rings. The highest BCUT2D eigenvalue weighted by Gasteiger charge is 2.37. The van der Waals surface area contributed by atoms with Crippen LogP contribution in [0, 0.1) is 5.82 Å². The largest absolute Gasteiger partial charge is 0.473 e. The van der Waals surface area contributed by atoms with Gasteiger partial charge in [0.1, 0.15) is 5.82 Å². The average Bonchev–Trinajstić information content (AvgIpc) is 2.78. The summed E-state index contributed by atoms with van der Waals surface area (Å²) < 4.78 is 23.8. The van der Waals surface area contributed by atoms with Crippen LogP contribution in [0.2, 0.25) is 5.02 Å². The minimum Gasteiger partial charge on any atom is -0.473 e. The van der Waals surface area contributed by atoms with Gasteiger partial charge in [0.2, 0.25) is 0 Å². The molecule has 1 aliphatic heterocycles. The van der Waals surface area contributed by atoms with Gasteiger partial charge in [-0.25, -0.2) is 14.2 Å². The van der Waals surface area contributed by atoms with Crippen LogP contribution in [0.1, 0.15) is 18.6 Å². The van der Waals surface area contributed by atoms with Crippen molar-refractivity contribution in [2.24, 2.45) is 4.99 Å². The Balaban J connectivity index is 2.30.